The topological polar surface area (TPSA) is 98.2 Å². The van der Waals surface area contributed by atoms with Crippen LogP contribution in [0.5, 0.6) is 17.2 Å². The zero-order chi connectivity index (χ0) is 21.3. The number of pyridine rings is 1. The quantitative estimate of drug-likeness (QED) is 0.529. The van der Waals surface area contributed by atoms with Crippen LogP contribution in [0.25, 0.3) is 11.0 Å². The molecule has 0 unspecified atom stereocenters. The van der Waals surface area contributed by atoms with E-state index in [1.807, 2.05) is 24.3 Å². The average molecular weight is 404 g/mol. The monoisotopic (exact) mass is 404 g/mol. The summed E-state index contributed by atoms with van der Waals surface area (Å²) < 4.78 is 12.6. The summed E-state index contributed by atoms with van der Waals surface area (Å²) in [5, 5.41) is 5.71. The molecule has 0 aliphatic rings. The van der Waals surface area contributed by atoms with Crippen molar-refractivity contribution in [2.45, 2.75) is 6.92 Å². The Labute approximate surface area is 172 Å². The number of H-pyrrole nitrogens is 1. The Bertz CT molecular complexity index is 1290. The van der Waals surface area contributed by atoms with Gasteiger partial charge in [-0.25, -0.2) is 4.98 Å². The summed E-state index contributed by atoms with van der Waals surface area (Å²) in [4.78, 5) is 29.4. The minimum atomic E-state index is -0.388. The van der Waals surface area contributed by atoms with Gasteiger partial charge in [0, 0.05) is 18.4 Å². The van der Waals surface area contributed by atoms with E-state index in [4.69, 9.17) is 9.47 Å². The maximum atomic E-state index is 12.9. The van der Waals surface area contributed by atoms with E-state index in [0.717, 1.165) is 0 Å². The molecule has 8 heteroatoms. The molecule has 0 aliphatic carbocycles. The number of methoxy groups -OCH3 is 1. The van der Waals surface area contributed by atoms with Crippen molar-refractivity contribution in [3.8, 4) is 17.2 Å². The molecular formula is C22H20N4O4. The minimum Gasteiger partial charge on any atom is -0.493 e. The molecule has 0 aliphatic heterocycles. The number of rotatable bonds is 5. The summed E-state index contributed by atoms with van der Waals surface area (Å²) >= 11 is 0. The number of aryl methyl sites for hydroxylation is 2. The number of benzene rings is 2. The van der Waals surface area contributed by atoms with Crippen LogP contribution in [0.4, 0.5) is 5.69 Å². The summed E-state index contributed by atoms with van der Waals surface area (Å²) in [6.45, 7) is 1.78. The van der Waals surface area contributed by atoms with Gasteiger partial charge in [-0.1, -0.05) is 12.1 Å². The van der Waals surface area contributed by atoms with Gasteiger partial charge >= 0.3 is 0 Å². The van der Waals surface area contributed by atoms with Crippen molar-refractivity contribution in [3.05, 3.63) is 76.2 Å². The molecule has 2 aromatic heterocycles. The van der Waals surface area contributed by atoms with Crippen LogP contribution in [0.15, 0.2) is 59.4 Å². The number of fused-ring (bicyclic) bond motifs is 1. The van der Waals surface area contributed by atoms with E-state index in [1.165, 1.54) is 4.68 Å². The van der Waals surface area contributed by atoms with E-state index in [9.17, 15) is 9.59 Å². The number of carbonyl (C=O) groups excluding carboxylic acids is 1. The first-order valence-corrected chi connectivity index (χ1v) is 9.25. The fourth-order valence-electron chi connectivity index (χ4n) is 3.20. The van der Waals surface area contributed by atoms with Crippen molar-refractivity contribution in [1.82, 2.24) is 14.8 Å². The lowest BCUT2D eigenvalue weighted by atomic mass is 10.1. The first kappa shape index (κ1) is 19.3. The molecule has 0 spiro atoms. The average Bonchev–Trinajstić information content (AvgIpc) is 3.02. The Morgan fingerprint density at radius 1 is 1.10 bits per heavy atom. The lowest BCUT2D eigenvalue weighted by molar-refractivity contribution is 0.102. The van der Waals surface area contributed by atoms with Crippen molar-refractivity contribution in [3.63, 3.8) is 0 Å². The van der Waals surface area contributed by atoms with Crippen LogP contribution in [0.2, 0.25) is 0 Å². The first-order valence-electron chi connectivity index (χ1n) is 9.25. The van der Waals surface area contributed by atoms with E-state index < -0.39 is 0 Å². The van der Waals surface area contributed by atoms with Crippen LogP contribution >= 0.6 is 0 Å². The molecule has 152 valence electrons. The number of nitrogens with zero attached hydrogens (tertiary/aromatic N) is 2. The van der Waals surface area contributed by atoms with Crippen LogP contribution < -0.4 is 20.3 Å². The van der Waals surface area contributed by atoms with Crippen molar-refractivity contribution in [2.75, 3.05) is 12.4 Å². The fourth-order valence-corrected chi connectivity index (χ4v) is 3.20. The highest BCUT2D eigenvalue weighted by Crippen LogP contribution is 2.31. The summed E-state index contributed by atoms with van der Waals surface area (Å²) in [6.07, 6.45) is 0. The van der Waals surface area contributed by atoms with Crippen LogP contribution in [0.1, 0.15) is 16.1 Å². The number of anilines is 1. The largest absolute Gasteiger partial charge is 0.493 e. The first-order chi connectivity index (χ1) is 14.5. The van der Waals surface area contributed by atoms with Crippen LogP contribution in [-0.2, 0) is 7.05 Å². The number of aromatic amines is 1. The third-order valence-electron chi connectivity index (χ3n) is 4.60. The van der Waals surface area contributed by atoms with E-state index >= 15 is 0 Å². The summed E-state index contributed by atoms with van der Waals surface area (Å²) in [5.41, 5.74) is 1.57. The number of hydrogen-bond donors (Lipinski definition) is 2. The zero-order valence-electron chi connectivity index (χ0n) is 16.7. The van der Waals surface area contributed by atoms with Gasteiger partial charge in [-0.15, -0.1) is 0 Å². The number of carbonyl (C=O) groups is 1. The van der Waals surface area contributed by atoms with Gasteiger partial charge in [-0.3, -0.25) is 19.4 Å². The number of para-hydroxylation sites is 2. The standard InChI is InChI=1S/C22H20N4O4/c1-13-12-16(19-20(23-13)26(2)25-22(19)28)21(27)24-14-8-10-15(11-9-14)30-18-7-5-4-6-17(18)29-3/h4-12H,1-3H3,(H,24,27)(H,25,28). The van der Waals surface area contributed by atoms with Gasteiger partial charge in [-0.2, -0.15) is 0 Å². The number of nitrogens with one attached hydrogen (secondary N) is 2. The molecule has 0 saturated heterocycles. The fraction of sp³-hybridized carbons (Fsp3) is 0.136. The summed E-state index contributed by atoms with van der Waals surface area (Å²) in [5.74, 6) is 1.43. The normalized spacial score (nSPS) is 10.8. The van der Waals surface area contributed by atoms with Crippen LogP contribution in [0.3, 0.4) is 0 Å². The molecule has 0 radical (unpaired) electrons. The molecule has 0 bridgehead atoms. The molecule has 2 aromatic carbocycles. The minimum absolute atomic E-state index is 0.261. The summed E-state index contributed by atoms with van der Waals surface area (Å²) in [7, 11) is 3.26. The van der Waals surface area contributed by atoms with Gasteiger partial charge < -0.3 is 14.8 Å². The van der Waals surface area contributed by atoms with Crippen LogP contribution in [0, 0.1) is 6.92 Å². The number of aromatic nitrogens is 3. The van der Waals surface area contributed by atoms with Gasteiger partial charge in [-0.05, 0) is 49.4 Å². The molecule has 0 atom stereocenters. The maximum absolute atomic E-state index is 12.9. The van der Waals surface area contributed by atoms with Gasteiger partial charge in [0.1, 0.15) is 5.75 Å². The lowest BCUT2D eigenvalue weighted by Crippen LogP contribution is -2.15. The third kappa shape index (κ3) is 3.62. The number of hydrogen-bond acceptors (Lipinski definition) is 5. The van der Waals surface area contributed by atoms with Gasteiger partial charge in [0.05, 0.1) is 18.1 Å². The molecule has 2 heterocycles. The smallest absolute Gasteiger partial charge is 0.274 e. The Hall–Kier alpha value is -4.07. The number of ether oxygens (including phenoxy) is 2. The molecule has 30 heavy (non-hydrogen) atoms. The number of amides is 1. The Morgan fingerprint density at radius 3 is 2.50 bits per heavy atom. The van der Waals surface area contributed by atoms with E-state index in [-0.39, 0.29) is 22.4 Å². The Morgan fingerprint density at radius 2 is 1.80 bits per heavy atom. The van der Waals surface area contributed by atoms with E-state index in [0.29, 0.717) is 34.3 Å². The summed E-state index contributed by atoms with van der Waals surface area (Å²) in [6, 6.07) is 15.9. The Balaban J connectivity index is 1.56. The second kappa shape index (κ2) is 7.75. The molecule has 0 saturated carbocycles. The van der Waals surface area contributed by atoms with Gasteiger partial charge in [0.2, 0.25) is 0 Å². The molecule has 0 fully saturated rings. The highest BCUT2D eigenvalue weighted by atomic mass is 16.5. The van der Waals surface area contributed by atoms with Gasteiger partial charge in [0.25, 0.3) is 11.5 Å². The molecule has 8 nitrogen and oxygen atoms in total. The molecule has 4 aromatic rings. The maximum Gasteiger partial charge on any atom is 0.274 e. The molecule has 2 N–H and O–H groups in total. The van der Waals surface area contributed by atoms with Crippen molar-refractivity contribution >= 4 is 22.6 Å². The van der Waals surface area contributed by atoms with Crippen molar-refractivity contribution in [1.29, 1.82) is 0 Å². The van der Waals surface area contributed by atoms with E-state index in [1.54, 1.807) is 51.4 Å². The molecular weight excluding hydrogens is 384 g/mol. The van der Waals surface area contributed by atoms with E-state index in [2.05, 4.69) is 15.4 Å². The zero-order valence-corrected chi connectivity index (χ0v) is 16.7. The predicted octanol–water partition coefficient (Wildman–Crippen LogP) is 3.62. The van der Waals surface area contributed by atoms with Crippen LogP contribution in [-0.4, -0.2) is 27.8 Å². The van der Waals surface area contributed by atoms with Gasteiger partial charge in [0.15, 0.2) is 17.1 Å². The third-order valence-corrected chi connectivity index (χ3v) is 4.60. The molecule has 1 amide bonds. The highest BCUT2D eigenvalue weighted by Gasteiger charge is 2.18. The SMILES string of the molecule is COc1ccccc1Oc1ccc(NC(=O)c2cc(C)nc3c2c(=O)[nH]n3C)cc1. The Kier molecular flexibility index (Phi) is 4.97. The highest BCUT2D eigenvalue weighted by molar-refractivity contribution is 6.11. The van der Waals surface area contributed by atoms with Crippen molar-refractivity contribution < 1.29 is 14.3 Å². The molecule has 4 rings (SSSR count). The van der Waals surface area contributed by atoms with Crippen molar-refractivity contribution in [2.24, 2.45) is 7.05 Å². The predicted molar refractivity (Wildman–Crippen MR) is 114 cm³/mol. The lowest BCUT2D eigenvalue weighted by Gasteiger charge is -2.11. The second-order valence-corrected chi connectivity index (χ2v) is 6.74. The second-order valence-electron chi connectivity index (χ2n) is 6.74.